The number of halogens is 1. The highest BCUT2D eigenvalue weighted by Gasteiger charge is 2.21. The number of hydrogen-bond acceptors (Lipinski definition) is 4. The van der Waals surface area contributed by atoms with Gasteiger partial charge in [-0.25, -0.2) is 4.98 Å². The number of hydrogen-bond donors (Lipinski definition) is 2. The largest absolute Gasteiger partial charge is 0.346 e. The average Bonchev–Trinajstić information content (AvgIpc) is 3.13. The molecule has 0 unspecified atom stereocenters. The van der Waals surface area contributed by atoms with E-state index >= 15 is 0 Å². The Morgan fingerprint density at radius 1 is 1.19 bits per heavy atom. The number of carbonyl (C=O) groups is 1. The Hall–Kier alpha value is -3.52. The van der Waals surface area contributed by atoms with Gasteiger partial charge in [0, 0.05) is 45.6 Å². The van der Waals surface area contributed by atoms with Gasteiger partial charge in [-0.2, -0.15) is 0 Å². The van der Waals surface area contributed by atoms with Crippen molar-refractivity contribution in [3.05, 3.63) is 90.5 Å². The van der Waals surface area contributed by atoms with E-state index in [1.165, 1.54) is 6.07 Å². The number of rotatable bonds is 3. The highest BCUT2D eigenvalue weighted by Crippen LogP contribution is 2.28. The number of pyridine rings is 1. The minimum atomic E-state index is -0.480. The lowest BCUT2D eigenvalue weighted by atomic mass is 10.1. The zero-order valence-electron chi connectivity index (χ0n) is 16.5. The Labute approximate surface area is 184 Å². The van der Waals surface area contributed by atoms with Crippen LogP contribution in [-0.2, 0) is 13.0 Å². The highest BCUT2D eigenvalue weighted by atomic mass is 79.9. The van der Waals surface area contributed by atoms with Crippen molar-refractivity contribution in [2.45, 2.75) is 19.9 Å². The Kier molecular flexibility index (Phi) is 4.59. The normalized spacial score (nSPS) is 12.3. The fraction of sp³-hybridized carbons (Fsp3) is 0.130. The van der Waals surface area contributed by atoms with Crippen LogP contribution in [0.5, 0.6) is 0 Å². The van der Waals surface area contributed by atoms with Crippen molar-refractivity contribution < 1.29 is 4.79 Å². The molecule has 2 N–H and O–H groups in total. The van der Waals surface area contributed by atoms with E-state index in [0.717, 1.165) is 28.5 Å². The summed E-state index contributed by atoms with van der Waals surface area (Å²) in [6.45, 7) is 2.47. The number of nitrogens with one attached hydrogen (secondary N) is 2. The molecule has 2 aromatic heterocycles. The number of amides is 1. The molecule has 4 aromatic rings. The van der Waals surface area contributed by atoms with Crippen LogP contribution in [0.15, 0.2) is 62.7 Å². The lowest BCUT2D eigenvalue weighted by molar-refractivity contribution is 0.102. The quantitative estimate of drug-likeness (QED) is 0.471. The van der Waals surface area contributed by atoms with E-state index in [2.05, 4.69) is 31.2 Å². The SMILES string of the molecule is Cc1cc(=O)[nH]c(-c2cccc(NC(=O)c3cn4c5c(cc(Br)cc5c3=O)CC4)c2)n1. The second kappa shape index (κ2) is 7.31. The zero-order chi connectivity index (χ0) is 21.7. The molecular weight excluding hydrogens is 460 g/mol. The number of anilines is 1. The zero-order valence-corrected chi connectivity index (χ0v) is 18.1. The van der Waals surface area contributed by atoms with Gasteiger partial charge in [0.2, 0.25) is 5.43 Å². The Bertz CT molecular complexity index is 1500. The van der Waals surface area contributed by atoms with Crippen molar-refractivity contribution >= 4 is 38.4 Å². The van der Waals surface area contributed by atoms with Crippen LogP contribution in [-0.4, -0.2) is 20.4 Å². The maximum Gasteiger partial charge on any atom is 0.261 e. The molecule has 0 radical (unpaired) electrons. The van der Waals surface area contributed by atoms with E-state index in [-0.39, 0.29) is 16.6 Å². The maximum atomic E-state index is 13.1. The summed E-state index contributed by atoms with van der Waals surface area (Å²) in [6.07, 6.45) is 2.46. The Balaban J connectivity index is 1.52. The van der Waals surface area contributed by atoms with Gasteiger partial charge in [0.15, 0.2) is 0 Å². The topological polar surface area (TPSA) is 96.9 Å². The van der Waals surface area contributed by atoms with E-state index in [0.29, 0.717) is 28.2 Å². The second-order valence-electron chi connectivity index (χ2n) is 7.55. The van der Waals surface area contributed by atoms with Gasteiger partial charge in [-0.3, -0.25) is 14.4 Å². The van der Waals surface area contributed by atoms with Gasteiger partial charge in [0.05, 0.1) is 5.52 Å². The van der Waals surface area contributed by atoms with E-state index in [1.807, 2.05) is 10.6 Å². The molecule has 0 bridgehead atoms. The molecule has 31 heavy (non-hydrogen) atoms. The molecule has 0 atom stereocenters. The number of aryl methyl sites for hydroxylation is 3. The minimum absolute atomic E-state index is 0.0888. The van der Waals surface area contributed by atoms with Crippen LogP contribution < -0.4 is 16.3 Å². The molecule has 0 aliphatic carbocycles. The molecule has 0 spiro atoms. The fourth-order valence-electron chi connectivity index (χ4n) is 4.02. The summed E-state index contributed by atoms with van der Waals surface area (Å²) in [4.78, 5) is 44.9. The van der Waals surface area contributed by atoms with Gasteiger partial charge in [0.25, 0.3) is 11.5 Å². The minimum Gasteiger partial charge on any atom is -0.346 e. The molecule has 8 heteroatoms. The highest BCUT2D eigenvalue weighted by molar-refractivity contribution is 9.10. The van der Waals surface area contributed by atoms with Crippen LogP contribution >= 0.6 is 15.9 Å². The number of benzene rings is 2. The molecule has 3 heterocycles. The summed E-state index contributed by atoms with van der Waals surface area (Å²) in [6, 6.07) is 12.2. The van der Waals surface area contributed by atoms with Crippen LogP contribution in [0.4, 0.5) is 5.69 Å². The molecule has 2 aromatic carbocycles. The van der Waals surface area contributed by atoms with Crippen LogP contribution in [0.1, 0.15) is 21.6 Å². The van der Waals surface area contributed by atoms with Gasteiger partial charge >= 0.3 is 0 Å². The molecule has 5 rings (SSSR count). The van der Waals surface area contributed by atoms with Gasteiger partial charge in [-0.05, 0) is 43.2 Å². The molecule has 0 saturated carbocycles. The Morgan fingerprint density at radius 2 is 2.03 bits per heavy atom. The first-order valence-electron chi connectivity index (χ1n) is 9.74. The third-order valence-corrected chi connectivity index (χ3v) is 5.80. The van der Waals surface area contributed by atoms with Crippen LogP contribution in [0.25, 0.3) is 22.3 Å². The van der Waals surface area contributed by atoms with E-state index < -0.39 is 5.91 Å². The first-order valence-corrected chi connectivity index (χ1v) is 10.5. The van der Waals surface area contributed by atoms with Crippen LogP contribution in [0.2, 0.25) is 0 Å². The number of nitrogens with zero attached hydrogens (tertiary/aromatic N) is 2. The molecule has 1 aliphatic heterocycles. The van der Waals surface area contributed by atoms with Crippen molar-refractivity contribution in [1.82, 2.24) is 14.5 Å². The van der Waals surface area contributed by atoms with E-state index in [1.54, 1.807) is 43.5 Å². The summed E-state index contributed by atoms with van der Waals surface area (Å²) in [5.41, 5.74) is 3.29. The molecule has 1 amide bonds. The lowest BCUT2D eigenvalue weighted by Crippen LogP contribution is -2.23. The standard InChI is InChI=1S/C23H17BrN4O3/c1-12-7-19(29)27-22(25-12)14-3-2-4-16(9-14)26-23(31)18-11-28-6-5-13-8-15(24)10-17(20(13)28)21(18)30/h2-4,7-11H,5-6H2,1H3,(H,26,31)(H,25,27,29). The third kappa shape index (κ3) is 3.48. The molecule has 1 aliphatic rings. The molecule has 154 valence electrons. The second-order valence-corrected chi connectivity index (χ2v) is 8.46. The smallest absolute Gasteiger partial charge is 0.261 e. The summed E-state index contributed by atoms with van der Waals surface area (Å²) in [5, 5.41) is 3.33. The van der Waals surface area contributed by atoms with E-state index in [4.69, 9.17) is 0 Å². The van der Waals surface area contributed by atoms with Crippen molar-refractivity contribution in [3.8, 4) is 11.4 Å². The maximum absolute atomic E-state index is 13.1. The van der Waals surface area contributed by atoms with Crippen LogP contribution in [0.3, 0.4) is 0 Å². The van der Waals surface area contributed by atoms with Gasteiger partial charge in [-0.1, -0.05) is 28.1 Å². The van der Waals surface area contributed by atoms with Crippen molar-refractivity contribution in [3.63, 3.8) is 0 Å². The predicted octanol–water partition coefficient (Wildman–Crippen LogP) is 3.63. The van der Waals surface area contributed by atoms with Crippen LogP contribution in [0, 0.1) is 6.92 Å². The summed E-state index contributed by atoms with van der Waals surface area (Å²) in [5.74, 6) is -0.0654. The first kappa shape index (κ1) is 19.4. The molecular formula is C23H17BrN4O3. The molecule has 0 fully saturated rings. The van der Waals surface area contributed by atoms with Crippen molar-refractivity contribution in [2.24, 2.45) is 0 Å². The summed E-state index contributed by atoms with van der Waals surface area (Å²) in [7, 11) is 0. The third-order valence-electron chi connectivity index (χ3n) is 5.35. The lowest BCUT2D eigenvalue weighted by Gasteiger charge is -2.10. The first-order chi connectivity index (χ1) is 14.9. The number of H-pyrrole nitrogens is 1. The fourth-order valence-corrected chi connectivity index (χ4v) is 4.53. The van der Waals surface area contributed by atoms with Crippen molar-refractivity contribution in [2.75, 3.05) is 5.32 Å². The summed E-state index contributed by atoms with van der Waals surface area (Å²) >= 11 is 3.46. The Morgan fingerprint density at radius 3 is 2.84 bits per heavy atom. The average molecular weight is 477 g/mol. The van der Waals surface area contributed by atoms with Crippen molar-refractivity contribution in [1.29, 1.82) is 0 Å². The number of aromatic nitrogens is 3. The summed E-state index contributed by atoms with van der Waals surface area (Å²) < 4.78 is 2.79. The number of carbonyl (C=O) groups excluding carboxylic acids is 1. The number of aromatic amines is 1. The predicted molar refractivity (Wildman–Crippen MR) is 123 cm³/mol. The monoisotopic (exact) mass is 476 g/mol. The van der Waals surface area contributed by atoms with Gasteiger partial charge in [0.1, 0.15) is 11.4 Å². The molecule has 0 saturated heterocycles. The van der Waals surface area contributed by atoms with Gasteiger partial charge in [-0.15, -0.1) is 0 Å². The van der Waals surface area contributed by atoms with E-state index in [9.17, 15) is 14.4 Å². The van der Waals surface area contributed by atoms with Gasteiger partial charge < -0.3 is 14.9 Å². The molecule has 7 nitrogen and oxygen atoms in total.